The number of aliphatic hydroxyl groups is 2. The molecule has 5 nitrogen and oxygen atoms in total. The van der Waals surface area contributed by atoms with E-state index in [0.29, 0.717) is 26.4 Å². The highest BCUT2D eigenvalue weighted by Crippen LogP contribution is 2.08. The first kappa shape index (κ1) is 19.0. The second-order valence-electron chi connectivity index (χ2n) is 4.38. The third kappa shape index (κ3) is 10.3. The van der Waals surface area contributed by atoms with Gasteiger partial charge in [-0.3, -0.25) is 0 Å². The minimum absolute atomic E-state index is 0.125. The van der Waals surface area contributed by atoms with Crippen LogP contribution >= 0.6 is 0 Å². The van der Waals surface area contributed by atoms with Gasteiger partial charge < -0.3 is 24.4 Å². The van der Waals surface area contributed by atoms with Crippen LogP contribution in [0.5, 0.6) is 11.5 Å². The van der Waals surface area contributed by atoms with Gasteiger partial charge in [0.25, 0.3) is 0 Å². The normalized spacial score (nSPS) is 9.65. The molecule has 2 aromatic rings. The standard InChI is InChI=1S/C16H18O3.C2H6O2/c1-3-7-15(8-4-1)18-13-11-17-12-14-19-16-9-5-2-6-10-16;3-1-2-4/h1-10H,11-14H2;3-4H,1-2H2. The van der Waals surface area contributed by atoms with Crippen LogP contribution in [0.3, 0.4) is 0 Å². The Labute approximate surface area is 137 Å². The molecule has 0 saturated heterocycles. The zero-order valence-electron chi connectivity index (χ0n) is 13.1. The molecule has 0 fully saturated rings. The van der Waals surface area contributed by atoms with Gasteiger partial charge in [0, 0.05) is 0 Å². The third-order valence-corrected chi connectivity index (χ3v) is 2.58. The topological polar surface area (TPSA) is 68.2 Å². The van der Waals surface area contributed by atoms with Crippen LogP contribution in [0.25, 0.3) is 0 Å². The van der Waals surface area contributed by atoms with Gasteiger partial charge in [-0.25, -0.2) is 0 Å². The lowest BCUT2D eigenvalue weighted by Gasteiger charge is -2.08. The van der Waals surface area contributed by atoms with Crippen LogP contribution in [-0.2, 0) is 4.74 Å². The molecule has 0 spiro atoms. The molecule has 0 radical (unpaired) electrons. The third-order valence-electron chi connectivity index (χ3n) is 2.58. The lowest BCUT2D eigenvalue weighted by atomic mass is 10.3. The molecule has 2 aromatic carbocycles. The molecule has 0 heterocycles. The largest absolute Gasteiger partial charge is 0.491 e. The summed E-state index contributed by atoms with van der Waals surface area (Å²) in [6.45, 7) is 1.98. The molecule has 0 bridgehead atoms. The first-order valence-electron chi connectivity index (χ1n) is 7.52. The summed E-state index contributed by atoms with van der Waals surface area (Å²) in [5, 5.41) is 15.2. The SMILES string of the molecule is OCCO.c1ccc(OCCOCCOc2ccccc2)cc1. The van der Waals surface area contributed by atoms with Crippen molar-refractivity contribution in [2.24, 2.45) is 0 Å². The summed E-state index contributed by atoms with van der Waals surface area (Å²) >= 11 is 0. The molecule has 2 N–H and O–H groups in total. The molecular formula is C18H24O5. The molecule has 126 valence electrons. The quantitative estimate of drug-likeness (QED) is 0.693. The molecule has 0 saturated carbocycles. The molecule has 0 aliphatic heterocycles. The Morgan fingerprint density at radius 3 is 1.30 bits per heavy atom. The van der Waals surface area contributed by atoms with Gasteiger partial charge in [-0.15, -0.1) is 0 Å². The predicted octanol–water partition coefficient (Wildman–Crippen LogP) is 2.13. The van der Waals surface area contributed by atoms with Crippen LogP contribution in [0.2, 0.25) is 0 Å². The summed E-state index contributed by atoms with van der Waals surface area (Å²) in [7, 11) is 0. The number of benzene rings is 2. The van der Waals surface area contributed by atoms with Gasteiger partial charge in [-0.2, -0.15) is 0 Å². The molecule has 0 atom stereocenters. The van der Waals surface area contributed by atoms with Gasteiger partial charge in [0.1, 0.15) is 24.7 Å². The van der Waals surface area contributed by atoms with E-state index in [0.717, 1.165) is 11.5 Å². The van der Waals surface area contributed by atoms with Crippen LogP contribution in [-0.4, -0.2) is 49.9 Å². The van der Waals surface area contributed by atoms with Crippen molar-refractivity contribution < 1.29 is 24.4 Å². The lowest BCUT2D eigenvalue weighted by Crippen LogP contribution is -2.12. The molecule has 23 heavy (non-hydrogen) atoms. The minimum Gasteiger partial charge on any atom is -0.491 e. The van der Waals surface area contributed by atoms with Crippen LogP contribution in [0.1, 0.15) is 0 Å². The zero-order chi connectivity index (χ0) is 16.6. The van der Waals surface area contributed by atoms with Crippen LogP contribution in [0.4, 0.5) is 0 Å². The number of ether oxygens (including phenoxy) is 3. The van der Waals surface area contributed by atoms with Crippen LogP contribution in [0, 0.1) is 0 Å². The van der Waals surface area contributed by atoms with Gasteiger partial charge in [-0.05, 0) is 24.3 Å². The fourth-order valence-corrected chi connectivity index (χ4v) is 1.57. The summed E-state index contributed by atoms with van der Waals surface area (Å²) in [4.78, 5) is 0. The van der Waals surface area contributed by atoms with Gasteiger partial charge in [0.15, 0.2) is 0 Å². The van der Waals surface area contributed by atoms with E-state index >= 15 is 0 Å². The van der Waals surface area contributed by atoms with Gasteiger partial charge in [0.05, 0.1) is 26.4 Å². The Morgan fingerprint density at radius 1 is 0.565 bits per heavy atom. The van der Waals surface area contributed by atoms with E-state index < -0.39 is 0 Å². The maximum atomic E-state index is 7.62. The molecule has 0 aliphatic rings. The van der Waals surface area contributed by atoms with E-state index in [9.17, 15) is 0 Å². The van der Waals surface area contributed by atoms with Crippen LogP contribution in [0.15, 0.2) is 60.7 Å². The molecule has 2 rings (SSSR count). The molecule has 0 aliphatic carbocycles. The first-order valence-corrected chi connectivity index (χ1v) is 7.52. The maximum Gasteiger partial charge on any atom is 0.119 e. The van der Waals surface area contributed by atoms with Crippen molar-refractivity contribution in [3.8, 4) is 11.5 Å². The van der Waals surface area contributed by atoms with E-state index in [2.05, 4.69) is 0 Å². The first-order chi connectivity index (χ1) is 11.4. The highest BCUT2D eigenvalue weighted by Gasteiger charge is 1.94. The maximum absolute atomic E-state index is 7.62. The van der Waals surface area contributed by atoms with E-state index in [1.807, 2.05) is 60.7 Å². The monoisotopic (exact) mass is 320 g/mol. The Bertz CT molecular complexity index is 430. The van der Waals surface area contributed by atoms with Crippen molar-refractivity contribution in [2.45, 2.75) is 0 Å². The van der Waals surface area contributed by atoms with Gasteiger partial charge in [-0.1, -0.05) is 36.4 Å². The van der Waals surface area contributed by atoms with Crippen molar-refractivity contribution in [3.63, 3.8) is 0 Å². The Kier molecular flexibility index (Phi) is 11.2. The molecular weight excluding hydrogens is 296 g/mol. The van der Waals surface area contributed by atoms with E-state index in [-0.39, 0.29) is 13.2 Å². The Hall–Kier alpha value is -2.08. The Balaban J connectivity index is 0.000000593. The second-order valence-corrected chi connectivity index (χ2v) is 4.38. The number of para-hydroxylation sites is 2. The lowest BCUT2D eigenvalue weighted by molar-refractivity contribution is 0.0764. The average molecular weight is 320 g/mol. The smallest absolute Gasteiger partial charge is 0.119 e. The van der Waals surface area contributed by atoms with Gasteiger partial charge in [0.2, 0.25) is 0 Å². The predicted molar refractivity (Wildman–Crippen MR) is 88.9 cm³/mol. The van der Waals surface area contributed by atoms with Crippen molar-refractivity contribution >= 4 is 0 Å². The minimum atomic E-state index is -0.125. The number of hydrogen-bond donors (Lipinski definition) is 2. The van der Waals surface area contributed by atoms with Gasteiger partial charge >= 0.3 is 0 Å². The molecule has 5 heteroatoms. The fraction of sp³-hybridized carbons (Fsp3) is 0.333. The number of rotatable bonds is 9. The molecule has 0 amide bonds. The number of aliphatic hydroxyl groups excluding tert-OH is 2. The van der Waals surface area contributed by atoms with E-state index in [1.54, 1.807) is 0 Å². The zero-order valence-corrected chi connectivity index (χ0v) is 13.1. The van der Waals surface area contributed by atoms with Crippen molar-refractivity contribution in [2.75, 3.05) is 39.6 Å². The van der Waals surface area contributed by atoms with Crippen LogP contribution < -0.4 is 9.47 Å². The summed E-state index contributed by atoms with van der Waals surface area (Å²) in [6, 6.07) is 19.4. The molecule has 0 aromatic heterocycles. The van der Waals surface area contributed by atoms with E-state index in [4.69, 9.17) is 24.4 Å². The van der Waals surface area contributed by atoms with Crippen molar-refractivity contribution in [1.82, 2.24) is 0 Å². The highest BCUT2D eigenvalue weighted by atomic mass is 16.5. The van der Waals surface area contributed by atoms with E-state index in [1.165, 1.54) is 0 Å². The van der Waals surface area contributed by atoms with Crippen molar-refractivity contribution in [3.05, 3.63) is 60.7 Å². The van der Waals surface area contributed by atoms with Crippen molar-refractivity contribution in [1.29, 1.82) is 0 Å². The summed E-state index contributed by atoms with van der Waals surface area (Å²) in [6.07, 6.45) is 0. The number of hydrogen-bond acceptors (Lipinski definition) is 5. The summed E-state index contributed by atoms with van der Waals surface area (Å²) < 4.78 is 16.4. The summed E-state index contributed by atoms with van der Waals surface area (Å²) in [5.41, 5.74) is 0. The summed E-state index contributed by atoms with van der Waals surface area (Å²) in [5.74, 6) is 1.73. The average Bonchev–Trinajstić information content (AvgIpc) is 2.63. The molecule has 0 unspecified atom stereocenters. The second kappa shape index (κ2) is 13.6. The fourth-order valence-electron chi connectivity index (χ4n) is 1.57. The highest BCUT2D eigenvalue weighted by molar-refractivity contribution is 5.21. The Morgan fingerprint density at radius 2 is 0.957 bits per heavy atom.